The van der Waals surface area contributed by atoms with Gasteiger partial charge in [-0.15, -0.1) is 0 Å². The van der Waals surface area contributed by atoms with Crippen LogP contribution in [0.25, 0.3) is 0 Å². The molecule has 106 valence electrons. The summed E-state index contributed by atoms with van der Waals surface area (Å²) in [6, 6.07) is 11.7. The minimum absolute atomic E-state index is 0.0520. The van der Waals surface area contributed by atoms with Crippen LogP contribution in [-0.2, 0) is 0 Å². The zero-order chi connectivity index (χ0) is 14.7. The van der Waals surface area contributed by atoms with Gasteiger partial charge < -0.3 is 4.74 Å². The van der Waals surface area contributed by atoms with Crippen LogP contribution >= 0.6 is 15.9 Å². The third-order valence-electron chi connectivity index (χ3n) is 3.24. The molecule has 0 aliphatic heterocycles. The molecule has 20 heavy (non-hydrogen) atoms. The van der Waals surface area contributed by atoms with Crippen molar-refractivity contribution >= 4 is 15.9 Å². The van der Waals surface area contributed by atoms with Crippen molar-refractivity contribution in [2.45, 2.75) is 25.6 Å². The summed E-state index contributed by atoms with van der Waals surface area (Å²) in [7, 11) is 0. The monoisotopic (exact) mass is 336 g/mol. The maximum Gasteiger partial charge on any atom is 0.129 e. The summed E-state index contributed by atoms with van der Waals surface area (Å²) < 4.78 is 19.1. The Morgan fingerprint density at radius 3 is 2.10 bits per heavy atom. The van der Waals surface area contributed by atoms with Crippen molar-refractivity contribution in [3.8, 4) is 5.75 Å². The summed E-state index contributed by atoms with van der Waals surface area (Å²) in [4.78, 5) is 0.0520. The van der Waals surface area contributed by atoms with Gasteiger partial charge in [-0.2, -0.15) is 0 Å². The fourth-order valence-electron chi connectivity index (χ4n) is 2.22. The first-order chi connectivity index (χ1) is 9.52. The molecule has 0 spiro atoms. The van der Waals surface area contributed by atoms with Crippen LogP contribution < -0.4 is 4.74 Å². The van der Waals surface area contributed by atoms with Crippen LogP contribution in [0.15, 0.2) is 36.4 Å². The van der Waals surface area contributed by atoms with Crippen LogP contribution in [0.1, 0.15) is 34.0 Å². The van der Waals surface area contributed by atoms with E-state index < -0.39 is 0 Å². The topological polar surface area (TPSA) is 9.23 Å². The minimum Gasteiger partial charge on any atom is -0.494 e. The second-order valence-electron chi connectivity index (χ2n) is 4.83. The lowest BCUT2D eigenvalue weighted by Crippen LogP contribution is -1.98. The molecule has 0 heterocycles. The van der Waals surface area contributed by atoms with E-state index in [9.17, 15) is 4.39 Å². The van der Waals surface area contributed by atoms with Gasteiger partial charge in [0.15, 0.2) is 0 Å². The Bertz CT molecular complexity index is 569. The summed E-state index contributed by atoms with van der Waals surface area (Å²) in [5.41, 5.74) is 3.54. The van der Waals surface area contributed by atoms with Crippen LogP contribution in [-0.4, -0.2) is 6.61 Å². The summed E-state index contributed by atoms with van der Waals surface area (Å²) >= 11 is 3.69. The van der Waals surface area contributed by atoms with Crippen LogP contribution in [0.5, 0.6) is 5.75 Å². The van der Waals surface area contributed by atoms with Gasteiger partial charge in [-0.25, -0.2) is 4.39 Å². The van der Waals surface area contributed by atoms with Crippen molar-refractivity contribution in [3.05, 3.63) is 64.5 Å². The van der Waals surface area contributed by atoms with E-state index in [0.29, 0.717) is 17.7 Å². The van der Waals surface area contributed by atoms with Crippen molar-refractivity contribution in [2.75, 3.05) is 6.61 Å². The van der Waals surface area contributed by atoms with Gasteiger partial charge in [-0.05, 0) is 55.2 Å². The van der Waals surface area contributed by atoms with E-state index in [-0.39, 0.29) is 10.6 Å². The Hall–Kier alpha value is -1.35. The van der Waals surface area contributed by atoms with E-state index in [1.807, 2.05) is 43.3 Å². The summed E-state index contributed by atoms with van der Waals surface area (Å²) in [5.74, 6) is 0.738. The molecule has 0 saturated heterocycles. The largest absolute Gasteiger partial charge is 0.494 e. The SMILES string of the molecule is CCOc1ccc(C(Br)c2cc(C)c(F)c(C)c2)cc1. The number of aryl methyl sites for hydroxylation is 2. The maximum absolute atomic E-state index is 13.7. The van der Waals surface area contributed by atoms with E-state index in [1.165, 1.54) is 0 Å². The lowest BCUT2D eigenvalue weighted by molar-refractivity contribution is 0.340. The lowest BCUT2D eigenvalue weighted by atomic mass is 10.00. The molecule has 2 aromatic rings. The molecule has 3 heteroatoms. The molecule has 0 fully saturated rings. The first kappa shape index (κ1) is 15.0. The fraction of sp³-hybridized carbons (Fsp3) is 0.294. The lowest BCUT2D eigenvalue weighted by Gasteiger charge is -2.14. The second-order valence-corrected chi connectivity index (χ2v) is 5.75. The van der Waals surface area contributed by atoms with Crippen molar-refractivity contribution in [3.63, 3.8) is 0 Å². The third kappa shape index (κ3) is 3.21. The predicted molar refractivity (Wildman–Crippen MR) is 84.3 cm³/mol. The Morgan fingerprint density at radius 1 is 1.05 bits per heavy atom. The molecule has 0 radical (unpaired) electrons. The predicted octanol–water partition coefficient (Wildman–Crippen LogP) is 5.33. The number of hydrogen-bond acceptors (Lipinski definition) is 1. The maximum atomic E-state index is 13.7. The molecule has 1 atom stereocenters. The van der Waals surface area contributed by atoms with Crippen molar-refractivity contribution in [1.29, 1.82) is 0 Å². The number of benzene rings is 2. The normalized spacial score (nSPS) is 12.2. The van der Waals surface area contributed by atoms with Crippen LogP contribution in [0.4, 0.5) is 4.39 Å². The second kappa shape index (κ2) is 6.40. The molecule has 2 rings (SSSR count). The molecule has 2 aromatic carbocycles. The number of hydrogen-bond donors (Lipinski definition) is 0. The van der Waals surface area contributed by atoms with Crippen molar-refractivity contribution in [1.82, 2.24) is 0 Å². The zero-order valence-corrected chi connectivity index (χ0v) is 13.5. The quantitative estimate of drug-likeness (QED) is 0.686. The molecule has 0 amide bonds. The minimum atomic E-state index is -0.125. The molecular weight excluding hydrogens is 319 g/mol. The molecule has 1 nitrogen and oxygen atoms in total. The van der Waals surface area contributed by atoms with Crippen molar-refractivity contribution in [2.24, 2.45) is 0 Å². The average Bonchev–Trinajstić information content (AvgIpc) is 2.44. The molecule has 0 saturated carbocycles. The van der Waals surface area contributed by atoms with Crippen molar-refractivity contribution < 1.29 is 9.13 Å². The zero-order valence-electron chi connectivity index (χ0n) is 11.9. The van der Waals surface area contributed by atoms with Gasteiger partial charge in [0.05, 0.1) is 11.4 Å². The summed E-state index contributed by atoms with van der Waals surface area (Å²) in [6.45, 7) is 6.21. The fourth-order valence-corrected chi connectivity index (χ4v) is 2.79. The Labute approximate surface area is 127 Å². The van der Waals surface area contributed by atoms with Gasteiger partial charge in [0, 0.05) is 0 Å². The van der Waals surface area contributed by atoms with E-state index in [2.05, 4.69) is 15.9 Å². The molecule has 0 N–H and O–H groups in total. The van der Waals surface area contributed by atoms with E-state index in [4.69, 9.17) is 4.74 Å². The number of ether oxygens (including phenoxy) is 1. The van der Waals surface area contributed by atoms with Gasteiger partial charge in [0.25, 0.3) is 0 Å². The third-order valence-corrected chi connectivity index (χ3v) is 4.29. The Balaban J connectivity index is 2.28. The molecule has 0 bridgehead atoms. The highest BCUT2D eigenvalue weighted by molar-refractivity contribution is 9.09. The van der Waals surface area contributed by atoms with Crippen LogP contribution in [0.2, 0.25) is 0 Å². The Morgan fingerprint density at radius 2 is 1.60 bits per heavy atom. The first-order valence-electron chi connectivity index (χ1n) is 6.66. The summed E-state index contributed by atoms with van der Waals surface area (Å²) in [5, 5.41) is 0. The highest BCUT2D eigenvalue weighted by atomic mass is 79.9. The van der Waals surface area contributed by atoms with Crippen LogP contribution in [0.3, 0.4) is 0 Å². The first-order valence-corrected chi connectivity index (χ1v) is 7.58. The van der Waals surface area contributed by atoms with Gasteiger partial charge in [-0.3, -0.25) is 0 Å². The Kier molecular flexibility index (Phi) is 4.81. The molecule has 0 aliphatic rings. The molecular formula is C17H18BrFO. The summed E-state index contributed by atoms with van der Waals surface area (Å²) in [6.07, 6.45) is 0. The van der Waals surface area contributed by atoms with Crippen LogP contribution in [0, 0.1) is 19.7 Å². The molecule has 1 unspecified atom stereocenters. The van der Waals surface area contributed by atoms with Gasteiger partial charge in [0.2, 0.25) is 0 Å². The number of rotatable bonds is 4. The highest BCUT2D eigenvalue weighted by Crippen LogP contribution is 2.33. The van der Waals surface area contributed by atoms with E-state index in [1.54, 1.807) is 13.8 Å². The van der Waals surface area contributed by atoms with Gasteiger partial charge in [-0.1, -0.05) is 40.2 Å². The smallest absolute Gasteiger partial charge is 0.129 e. The van der Waals surface area contributed by atoms with Gasteiger partial charge >= 0.3 is 0 Å². The average molecular weight is 337 g/mol. The van der Waals surface area contributed by atoms with E-state index >= 15 is 0 Å². The standard InChI is InChI=1S/C17H18BrFO/c1-4-20-15-7-5-13(6-8-15)16(18)14-9-11(2)17(19)12(3)10-14/h5-10,16H,4H2,1-3H3. The number of halogens is 2. The number of alkyl halides is 1. The van der Waals surface area contributed by atoms with Gasteiger partial charge in [0.1, 0.15) is 11.6 Å². The highest BCUT2D eigenvalue weighted by Gasteiger charge is 2.13. The molecule has 0 aromatic heterocycles. The van der Waals surface area contributed by atoms with E-state index in [0.717, 1.165) is 16.9 Å². The molecule has 0 aliphatic carbocycles.